The largest absolute Gasteiger partial charge is 0.481 e. The minimum Gasteiger partial charge on any atom is -0.481 e. The zero-order valence-electron chi connectivity index (χ0n) is 14.0. The van der Waals surface area contributed by atoms with Crippen molar-refractivity contribution in [1.29, 1.82) is 0 Å². The molecule has 0 saturated carbocycles. The Balaban J connectivity index is 1.59. The molecule has 0 unspecified atom stereocenters. The van der Waals surface area contributed by atoms with Crippen molar-refractivity contribution in [2.75, 3.05) is 7.11 Å². The first-order valence-corrected chi connectivity index (χ1v) is 9.10. The van der Waals surface area contributed by atoms with Gasteiger partial charge in [0.25, 0.3) is 0 Å². The Kier molecular flexibility index (Phi) is 3.50. The second-order valence-corrected chi connectivity index (χ2v) is 6.88. The lowest BCUT2D eigenvalue weighted by Crippen LogP contribution is -1.98. The third kappa shape index (κ3) is 2.46. The van der Waals surface area contributed by atoms with Crippen molar-refractivity contribution >= 4 is 27.1 Å². The van der Waals surface area contributed by atoms with Crippen LogP contribution in [0.3, 0.4) is 0 Å². The second-order valence-electron chi connectivity index (χ2n) is 5.99. The molecule has 6 heteroatoms. The van der Waals surface area contributed by atoms with Gasteiger partial charge in [0.05, 0.1) is 46.1 Å². The number of fused-ring (bicyclic) bond motifs is 2. The normalized spacial score (nSPS) is 12.9. The number of aromatic nitrogens is 4. The molecule has 126 valence electrons. The summed E-state index contributed by atoms with van der Waals surface area (Å²) in [6, 6.07) is 10.1. The van der Waals surface area contributed by atoms with Gasteiger partial charge in [0.15, 0.2) is 0 Å². The summed E-state index contributed by atoms with van der Waals surface area (Å²) in [5.74, 6) is 0.566. The first kappa shape index (κ1) is 15.2. The molecule has 0 fully saturated rings. The van der Waals surface area contributed by atoms with E-state index < -0.39 is 0 Å². The van der Waals surface area contributed by atoms with Crippen molar-refractivity contribution in [2.45, 2.75) is 6.42 Å². The molecule has 5 rings (SSSR count). The van der Waals surface area contributed by atoms with E-state index in [4.69, 9.17) is 9.72 Å². The summed E-state index contributed by atoms with van der Waals surface area (Å²) in [5.41, 5.74) is 8.90. The van der Waals surface area contributed by atoms with Gasteiger partial charge in [-0.25, -0.2) is 15.0 Å². The van der Waals surface area contributed by atoms with E-state index in [0.29, 0.717) is 5.88 Å². The van der Waals surface area contributed by atoms with E-state index in [1.807, 2.05) is 23.8 Å². The zero-order chi connectivity index (χ0) is 17.5. The summed E-state index contributed by atoms with van der Waals surface area (Å²) in [5, 5.41) is 0. The van der Waals surface area contributed by atoms with Crippen molar-refractivity contribution < 1.29 is 4.74 Å². The predicted octanol–water partition coefficient (Wildman–Crippen LogP) is 4.14. The smallest absolute Gasteiger partial charge is 0.213 e. The Morgan fingerprint density at radius 3 is 2.92 bits per heavy atom. The second kappa shape index (κ2) is 6.00. The third-order valence-corrected chi connectivity index (χ3v) is 5.28. The quantitative estimate of drug-likeness (QED) is 0.551. The number of pyridine rings is 1. The van der Waals surface area contributed by atoms with Crippen LogP contribution in [-0.4, -0.2) is 27.0 Å². The van der Waals surface area contributed by atoms with E-state index in [0.717, 1.165) is 45.7 Å². The molecule has 1 aliphatic rings. The van der Waals surface area contributed by atoms with Crippen molar-refractivity contribution in [3.8, 4) is 17.1 Å². The summed E-state index contributed by atoms with van der Waals surface area (Å²) in [7, 11) is 1.61. The van der Waals surface area contributed by atoms with Crippen LogP contribution in [0.15, 0.2) is 54.3 Å². The van der Waals surface area contributed by atoms with Gasteiger partial charge in [0.1, 0.15) is 0 Å². The van der Waals surface area contributed by atoms with Gasteiger partial charge in [-0.3, -0.25) is 4.98 Å². The van der Waals surface area contributed by atoms with Gasteiger partial charge in [-0.1, -0.05) is 12.1 Å². The molecule has 1 aromatic carbocycles. The van der Waals surface area contributed by atoms with Gasteiger partial charge >= 0.3 is 0 Å². The Bertz CT molecular complexity index is 1170. The summed E-state index contributed by atoms with van der Waals surface area (Å²) in [4.78, 5) is 18.0. The average Bonchev–Trinajstić information content (AvgIpc) is 3.33. The molecule has 0 aliphatic heterocycles. The number of hydrogen-bond donors (Lipinski definition) is 0. The van der Waals surface area contributed by atoms with Crippen molar-refractivity contribution in [3.05, 3.63) is 71.3 Å². The lowest BCUT2D eigenvalue weighted by molar-refractivity contribution is 0.398. The fraction of sp³-hybridized carbons (Fsp3) is 0.100. The third-order valence-electron chi connectivity index (χ3n) is 4.48. The SMILES string of the molecule is COc1cc(-c2cnc3c(n2)C(c2ccc4ncsc4c2)=CC3)ccn1. The van der Waals surface area contributed by atoms with Gasteiger partial charge in [-0.05, 0) is 23.8 Å². The molecule has 0 N–H and O–H groups in total. The standard InChI is InChI=1S/C20H14N4OS/c1-25-19-9-13(6-7-21-19)17-10-22-16-5-3-14(20(16)24-17)12-2-4-15-18(8-12)26-11-23-15/h2-4,6-11H,5H2,1H3. The maximum absolute atomic E-state index is 5.22. The molecule has 0 amide bonds. The summed E-state index contributed by atoms with van der Waals surface area (Å²) in [6.07, 6.45) is 6.54. The van der Waals surface area contributed by atoms with Crippen LogP contribution in [0.1, 0.15) is 17.0 Å². The van der Waals surface area contributed by atoms with Crippen molar-refractivity contribution in [3.63, 3.8) is 0 Å². The number of allylic oxidation sites excluding steroid dienone is 1. The van der Waals surface area contributed by atoms with E-state index in [1.165, 1.54) is 4.70 Å². The van der Waals surface area contributed by atoms with Crippen LogP contribution < -0.4 is 4.74 Å². The molecule has 3 aromatic heterocycles. The summed E-state index contributed by atoms with van der Waals surface area (Å²) < 4.78 is 6.40. The maximum Gasteiger partial charge on any atom is 0.213 e. The van der Waals surface area contributed by atoms with Gasteiger partial charge in [-0.15, -0.1) is 11.3 Å². The average molecular weight is 358 g/mol. The molecule has 3 heterocycles. The Morgan fingerprint density at radius 1 is 1.04 bits per heavy atom. The van der Waals surface area contributed by atoms with Crippen LogP contribution in [0.5, 0.6) is 5.88 Å². The number of thiazole rings is 1. The minimum absolute atomic E-state index is 0.566. The van der Waals surface area contributed by atoms with E-state index in [2.05, 4.69) is 39.2 Å². The van der Waals surface area contributed by atoms with Gasteiger partial charge in [0.2, 0.25) is 5.88 Å². The Labute approximate surface area is 154 Å². The van der Waals surface area contributed by atoms with Crippen LogP contribution in [-0.2, 0) is 6.42 Å². The summed E-state index contributed by atoms with van der Waals surface area (Å²) >= 11 is 1.65. The number of methoxy groups -OCH3 is 1. The first-order chi connectivity index (χ1) is 12.8. The lowest BCUT2D eigenvalue weighted by atomic mass is 10.0. The molecule has 4 aromatic rings. The first-order valence-electron chi connectivity index (χ1n) is 8.22. The fourth-order valence-electron chi connectivity index (χ4n) is 3.17. The molecule has 0 radical (unpaired) electrons. The number of rotatable bonds is 3. The minimum atomic E-state index is 0.566. The molecule has 0 atom stereocenters. The van der Waals surface area contributed by atoms with E-state index in [-0.39, 0.29) is 0 Å². The molecule has 0 saturated heterocycles. The number of benzene rings is 1. The van der Waals surface area contributed by atoms with Crippen LogP contribution >= 0.6 is 11.3 Å². The molecule has 26 heavy (non-hydrogen) atoms. The highest BCUT2D eigenvalue weighted by molar-refractivity contribution is 7.16. The molecule has 0 bridgehead atoms. The van der Waals surface area contributed by atoms with Crippen LogP contribution in [0.4, 0.5) is 0 Å². The zero-order valence-corrected chi connectivity index (χ0v) is 14.8. The van der Waals surface area contributed by atoms with Gasteiger partial charge in [0, 0.05) is 29.8 Å². The predicted molar refractivity (Wildman–Crippen MR) is 102 cm³/mol. The van der Waals surface area contributed by atoms with Gasteiger partial charge < -0.3 is 4.74 Å². The number of ether oxygens (including phenoxy) is 1. The lowest BCUT2D eigenvalue weighted by Gasteiger charge is -2.08. The topological polar surface area (TPSA) is 60.8 Å². The number of hydrogen-bond acceptors (Lipinski definition) is 6. The molecule has 0 spiro atoms. The molecular formula is C20H14N4OS. The number of nitrogens with zero attached hydrogens (tertiary/aromatic N) is 4. The highest BCUT2D eigenvalue weighted by Crippen LogP contribution is 2.34. The Morgan fingerprint density at radius 2 is 2.00 bits per heavy atom. The summed E-state index contributed by atoms with van der Waals surface area (Å²) in [6.45, 7) is 0. The highest BCUT2D eigenvalue weighted by Gasteiger charge is 2.20. The van der Waals surface area contributed by atoms with Crippen LogP contribution in [0.25, 0.3) is 27.0 Å². The highest BCUT2D eigenvalue weighted by atomic mass is 32.1. The molecular weight excluding hydrogens is 344 g/mol. The van der Waals surface area contributed by atoms with Crippen molar-refractivity contribution in [2.24, 2.45) is 0 Å². The van der Waals surface area contributed by atoms with E-state index in [9.17, 15) is 0 Å². The van der Waals surface area contributed by atoms with Crippen LogP contribution in [0, 0.1) is 0 Å². The Hall–Kier alpha value is -3.12. The molecule has 5 nitrogen and oxygen atoms in total. The van der Waals surface area contributed by atoms with Crippen LogP contribution in [0.2, 0.25) is 0 Å². The van der Waals surface area contributed by atoms with Gasteiger partial charge in [-0.2, -0.15) is 0 Å². The van der Waals surface area contributed by atoms with E-state index >= 15 is 0 Å². The van der Waals surface area contributed by atoms with E-state index in [1.54, 1.807) is 24.6 Å². The van der Waals surface area contributed by atoms with Crippen molar-refractivity contribution in [1.82, 2.24) is 19.9 Å². The molecule has 1 aliphatic carbocycles. The fourth-order valence-corrected chi connectivity index (χ4v) is 3.89. The monoisotopic (exact) mass is 358 g/mol. The maximum atomic E-state index is 5.22.